The van der Waals surface area contributed by atoms with E-state index in [1.807, 2.05) is 6.26 Å². The second-order valence-electron chi connectivity index (χ2n) is 5.28. The number of hydrogen-bond acceptors (Lipinski definition) is 3. The van der Waals surface area contributed by atoms with Gasteiger partial charge in [0, 0.05) is 25.7 Å². The maximum atomic E-state index is 14.1. The summed E-state index contributed by atoms with van der Waals surface area (Å²) in [6.45, 7) is 5.99. The minimum Gasteiger partial charge on any atom is -0.299 e. The molecule has 94 valence electrons. The molecule has 0 N–H and O–H groups in total. The summed E-state index contributed by atoms with van der Waals surface area (Å²) < 4.78 is 30.0. The molecule has 2 aliphatic rings. The second-order valence-corrected chi connectivity index (χ2v) is 6.16. The molecule has 0 aliphatic carbocycles. The summed E-state index contributed by atoms with van der Waals surface area (Å²) in [5.74, 6) is -2.53. The SMILES string of the molecule is CSN1CCC2(CN(C(C)C)C2)C(F)(F)C1. The van der Waals surface area contributed by atoms with Crippen molar-refractivity contribution < 1.29 is 8.78 Å². The molecule has 0 aromatic heterocycles. The van der Waals surface area contributed by atoms with Crippen LogP contribution in [-0.4, -0.2) is 53.6 Å². The van der Waals surface area contributed by atoms with Crippen molar-refractivity contribution in [3.05, 3.63) is 0 Å². The van der Waals surface area contributed by atoms with E-state index < -0.39 is 11.3 Å². The zero-order valence-corrected chi connectivity index (χ0v) is 11.0. The number of rotatable bonds is 2. The summed E-state index contributed by atoms with van der Waals surface area (Å²) in [7, 11) is 0. The van der Waals surface area contributed by atoms with Gasteiger partial charge in [0.15, 0.2) is 0 Å². The minimum atomic E-state index is -2.53. The highest BCUT2D eigenvalue weighted by Crippen LogP contribution is 2.51. The topological polar surface area (TPSA) is 6.48 Å². The largest absolute Gasteiger partial charge is 0.299 e. The molecule has 0 atom stereocenters. The number of alkyl halides is 2. The molecule has 2 fully saturated rings. The van der Waals surface area contributed by atoms with E-state index in [0.717, 1.165) is 6.54 Å². The highest BCUT2D eigenvalue weighted by atomic mass is 32.2. The monoisotopic (exact) mass is 250 g/mol. The minimum absolute atomic E-state index is 0.0832. The Kier molecular flexibility index (Phi) is 3.23. The fraction of sp³-hybridized carbons (Fsp3) is 1.00. The molecule has 0 amide bonds. The quantitative estimate of drug-likeness (QED) is 0.694. The van der Waals surface area contributed by atoms with Gasteiger partial charge in [-0.15, -0.1) is 0 Å². The summed E-state index contributed by atoms with van der Waals surface area (Å²) in [5, 5.41) is 0. The van der Waals surface area contributed by atoms with E-state index in [1.165, 1.54) is 11.9 Å². The highest BCUT2D eigenvalue weighted by molar-refractivity contribution is 7.96. The summed E-state index contributed by atoms with van der Waals surface area (Å²) in [4.78, 5) is 2.14. The van der Waals surface area contributed by atoms with Crippen molar-refractivity contribution in [3.8, 4) is 0 Å². The van der Waals surface area contributed by atoms with E-state index in [4.69, 9.17) is 0 Å². The maximum absolute atomic E-state index is 14.1. The first-order valence-electron chi connectivity index (χ1n) is 5.81. The van der Waals surface area contributed by atoms with Crippen molar-refractivity contribution in [2.75, 3.05) is 32.4 Å². The molecule has 2 aliphatic heterocycles. The van der Waals surface area contributed by atoms with Crippen molar-refractivity contribution in [2.24, 2.45) is 5.41 Å². The van der Waals surface area contributed by atoms with Crippen molar-refractivity contribution in [2.45, 2.75) is 32.2 Å². The third kappa shape index (κ3) is 1.87. The Hall–Kier alpha value is 0.130. The molecule has 2 heterocycles. The van der Waals surface area contributed by atoms with Gasteiger partial charge in [0.1, 0.15) is 0 Å². The average Bonchev–Trinajstić information content (AvgIpc) is 2.12. The van der Waals surface area contributed by atoms with Gasteiger partial charge < -0.3 is 0 Å². The van der Waals surface area contributed by atoms with E-state index in [1.54, 1.807) is 4.31 Å². The first kappa shape index (κ1) is 12.6. The Labute approximate surface area is 100 Å². The van der Waals surface area contributed by atoms with Crippen LogP contribution in [-0.2, 0) is 0 Å². The number of likely N-dealkylation sites (tertiary alicyclic amines) is 1. The zero-order valence-electron chi connectivity index (χ0n) is 10.2. The van der Waals surface area contributed by atoms with Crippen LogP contribution in [0.15, 0.2) is 0 Å². The summed E-state index contributed by atoms with van der Waals surface area (Å²) >= 11 is 1.43. The van der Waals surface area contributed by atoms with E-state index in [-0.39, 0.29) is 6.54 Å². The Morgan fingerprint density at radius 2 is 1.81 bits per heavy atom. The van der Waals surface area contributed by atoms with Crippen LogP contribution in [0, 0.1) is 5.41 Å². The lowest BCUT2D eigenvalue weighted by Gasteiger charge is -2.58. The summed E-state index contributed by atoms with van der Waals surface area (Å²) in [6.07, 6.45) is 2.50. The third-order valence-corrected chi connectivity index (χ3v) is 4.82. The molecule has 0 unspecified atom stereocenters. The smallest absolute Gasteiger partial charge is 0.269 e. The van der Waals surface area contributed by atoms with E-state index in [2.05, 4.69) is 18.7 Å². The lowest BCUT2D eigenvalue weighted by atomic mass is 9.69. The third-order valence-electron chi connectivity index (χ3n) is 3.99. The number of piperidine rings is 1. The predicted molar refractivity (Wildman–Crippen MR) is 63.8 cm³/mol. The number of halogens is 2. The molecule has 2 saturated heterocycles. The molecule has 0 aromatic carbocycles. The van der Waals surface area contributed by atoms with Gasteiger partial charge in [0.2, 0.25) is 0 Å². The standard InChI is InChI=1S/C11H20F2N2S/c1-9(2)14-6-10(7-14)4-5-15(16-3)8-11(10,12)13/h9H,4-8H2,1-3H3. The molecule has 0 bridgehead atoms. The molecule has 2 nitrogen and oxygen atoms in total. The van der Waals surface area contributed by atoms with Gasteiger partial charge >= 0.3 is 0 Å². The van der Waals surface area contributed by atoms with Gasteiger partial charge in [-0.2, -0.15) is 0 Å². The fourth-order valence-corrected chi connectivity index (χ4v) is 3.20. The summed E-state index contributed by atoms with van der Waals surface area (Å²) in [6, 6.07) is 0.389. The molecule has 1 spiro atoms. The van der Waals surface area contributed by atoms with Crippen LogP contribution in [0.25, 0.3) is 0 Å². The van der Waals surface area contributed by atoms with E-state index >= 15 is 0 Å². The summed E-state index contributed by atoms with van der Waals surface area (Å²) in [5.41, 5.74) is -0.733. The molecule has 5 heteroatoms. The molecule has 0 aromatic rings. The maximum Gasteiger partial charge on any atom is 0.269 e. The van der Waals surface area contributed by atoms with Crippen molar-refractivity contribution in [3.63, 3.8) is 0 Å². The second kappa shape index (κ2) is 4.10. The van der Waals surface area contributed by atoms with Crippen LogP contribution < -0.4 is 0 Å². The van der Waals surface area contributed by atoms with Gasteiger partial charge in [0.25, 0.3) is 5.92 Å². The van der Waals surface area contributed by atoms with Crippen LogP contribution in [0.2, 0.25) is 0 Å². The van der Waals surface area contributed by atoms with E-state index in [9.17, 15) is 8.78 Å². The molecular weight excluding hydrogens is 230 g/mol. The van der Waals surface area contributed by atoms with Crippen LogP contribution in [0.4, 0.5) is 8.78 Å². The van der Waals surface area contributed by atoms with Gasteiger partial charge in [-0.1, -0.05) is 11.9 Å². The predicted octanol–water partition coefficient (Wildman–Crippen LogP) is 2.32. The molecule has 16 heavy (non-hydrogen) atoms. The van der Waals surface area contributed by atoms with Crippen LogP contribution in [0.1, 0.15) is 20.3 Å². The highest BCUT2D eigenvalue weighted by Gasteiger charge is 2.62. The molecule has 0 radical (unpaired) electrons. The molecule has 2 rings (SSSR count). The molecule has 0 saturated carbocycles. The van der Waals surface area contributed by atoms with Crippen LogP contribution >= 0.6 is 11.9 Å². The van der Waals surface area contributed by atoms with Crippen molar-refractivity contribution in [1.29, 1.82) is 0 Å². The van der Waals surface area contributed by atoms with Gasteiger partial charge in [-0.3, -0.25) is 4.90 Å². The van der Waals surface area contributed by atoms with E-state index in [0.29, 0.717) is 25.6 Å². The van der Waals surface area contributed by atoms with Gasteiger partial charge in [-0.05, 0) is 26.5 Å². The average molecular weight is 250 g/mol. The van der Waals surface area contributed by atoms with Crippen molar-refractivity contribution >= 4 is 11.9 Å². The fourth-order valence-electron chi connectivity index (χ4n) is 2.63. The van der Waals surface area contributed by atoms with Gasteiger partial charge in [0.05, 0.1) is 12.0 Å². The van der Waals surface area contributed by atoms with Crippen LogP contribution in [0.5, 0.6) is 0 Å². The van der Waals surface area contributed by atoms with Gasteiger partial charge in [-0.25, -0.2) is 13.1 Å². The lowest BCUT2D eigenvalue weighted by Crippen LogP contribution is -2.70. The molecular formula is C11H20F2N2S. The van der Waals surface area contributed by atoms with Crippen LogP contribution in [0.3, 0.4) is 0 Å². The normalized spacial score (nSPS) is 29.6. The van der Waals surface area contributed by atoms with Crippen molar-refractivity contribution in [1.82, 2.24) is 9.21 Å². The Morgan fingerprint density at radius 3 is 2.25 bits per heavy atom. The number of nitrogens with zero attached hydrogens (tertiary/aromatic N) is 2. The number of hydrogen-bond donors (Lipinski definition) is 0. The zero-order chi connectivity index (χ0) is 12.0. The lowest BCUT2D eigenvalue weighted by molar-refractivity contribution is -0.219. The first-order chi connectivity index (χ1) is 7.40. The Balaban J connectivity index is 2.02. The Bertz CT molecular complexity index is 265. The first-order valence-corrected chi connectivity index (χ1v) is 6.99. The Morgan fingerprint density at radius 1 is 1.19 bits per heavy atom.